The fourth-order valence-corrected chi connectivity index (χ4v) is 3.03. The Morgan fingerprint density at radius 3 is 2.70 bits per heavy atom. The molecule has 0 saturated carbocycles. The van der Waals surface area contributed by atoms with Crippen molar-refractivity contribution in [3.05, 3.63) is 84.7 Å². The van der Waals surface area contributed by atoms with E-state index in [0.29, 0.717) is 27.9 Å². The third kappa shape index (κ3) is 3.42. The molecule has 4 heterocycles. The fourth-order valence-electron chi connectivity index (χ4n) is 3.03. The smallest absolute Gasteiger partial charge is 0.339 e. The summed E-state index contributed by atoms with van der Waals surface area (Å²) in [6.45, 7) is -0.159. The van der Waals surface area contributed by atoms with Crippen molar-refractivity contribution in [1.82, 2.24) is 20.2 Å². The number of benzene rings is 1. The first kappa shape index (κ1) is 17.7. The number of carbonyl (C=O) groups is 1. The molecule has 8 nitrogen and oxygen atoms in total. The number of pyridine rings is 2. The monoisotopic (exact) mass is 398 g/mol. The lowest BCUT2D eigenvalue weighted by atomic mass is 10.0. The minimum absolute atomic E-state index is 0.159. The molecule has 0 aliphatic carbocycles. The van der Waals surface area contributed by atoms with Gasteiger partial charge in [-0.25, -0.2) is 9.78 Å². The molecule has 0 aliphatic heterocycles. The number of nitrogens with zero attached hydrogens (tertiary/aromatic N) is 4. The molecule has 0 atom stereocenters. The number of ether oxygens (including phenoxy) is 1. The highest BCUT2D eigenvalue weighted by atomic mass is 16.5. The van der Waals surface area contributed by atoms with Crippen molar-refractivity contribution >= 4 is 16.9 Å². The SMILES string of the molecule is O=C(OCc1nnc(-c2ccco2)o1)c1cc(-c2ccncc2)nc2ccccc12. The number of hydrogen-bond donors (Lipinski definition) is 0. The molecule has 146 valence electrons. The molecule has 0 amide bonds. The van der Waals surface area contributed by atoms with E-state index >= 15 is 0 Å². The zero-order valence-electron chi connectivity index (χ0n) is 15.6. The number of aromatic nitrogens is 4. The van der Waals surface area contributed by atoms with E-state index < -0.39 is 5.97 Å². The van der Waals surface area contributed by atoms with Gasteiger partial charge >= 0.3 is 5.97 Å². The predicted octanol–water partition coefficient (Wildman–Crippen LogP) is 4.30. The van der Waals surface area contributed by atoms with Gasteiger partial charge in [-0.1, -0.05) is 18.2 Å². The summed E-state index contributed by atoms with van der Waals surface area (Å²) in [5.41, 5.74) is 2.60. The van der Waals surface area contributed by atoms with Crippen molar-refractivity contribution in [2.45, 2.75) is 6.61 Å². The van der Waals surface area contributed by atoms with Crippen LogP contribution in [0.1, 0.15) is 16.2 Å². The third-order valence-corrected chi connectivity index (χ3v) is 4.44. The van der Waals surface area contributed by atoms with Crippen LogP contribution in [0.3, 0.4) is 0 Å². The van der Waals surface area contributed by atoms with Crippen LogP contribution in [0.15, 0.2) is 82.1 Å². The molecule has 5 aromatic rings. The first-order valence-corrected chi connectivity index (χ1v) is 9.11. The van der Waals surface area contributed by atoms with Crippen LogP contribution in [0, 0.1) is 0 Å². The summed E-state index contributed by atoms with van der Waals surface area (Å²) in [4.78, 5) is 21.6. The maximum absolute atomic E-state index is 12.9. The van der Waals surface area contributed by atoms with Crippen LogP contribution >= 0.6 is 0 Å². The summed E-state index contributed by atoms with van der Waals surface area (Å²) in [6.07, 6.45) is 4.86. The highest BCUT2D eigenvalue weighted by Crippen LogP contribution is 2.25. The standard InChI is InChI=1S/C22H14N4O4/c27-22(29-13-20-25-26-21(30-20)19-6-3-11-28-19)16-12-18(14-7-9-23-10-8-14)24-17-5-2-1-4-15(16)17/h1-12H,13H2. The number of para-hydroxylation sites is 1. The maximum atomic E-state index is 12.9. The van der Waals surface area contributed by atoms with Gasteiger partial charge in [0.2, 0.25) is 0 Å². The summed E-state index contributed by atoms with van der Waals surface area (Å²) in [7, 11) is 0. The number of rotatable bonds is 5. The van der Waals surface area contributed by atoms with Crippen LogP contribution in [0.4, 0.5) is 0 Å². The molecule has 0 saturated heterocycles. The summed E-state index contributed by atoms with van der Waals surface area (Å²) < 4.78 is 16.1. The van der Waals surface area contributed by atoms with Gasteiger partial charge < -0.3 is 13.6 Å². The van der Waals surface area contributed by atoms with Crippen LogP contribution < -0.4 is 0 Å². The van der Waals surface area contributed by atoms with Crippen LogP contribution in [0.25, 0.3) is 33.8 Å². The van der Waals surface area contributed by atoms with E-state index in [4.69, 9.17) is 13.6 Å². The highest BCUT2D eigenvalue weighted by Gasteiger charge is 2.17. The average molecular weight is 398 g/mol. The van der Waals surface area contributed by atoms with Crippen molar-refractivity contribution in [2.24, 2.45) is 0 Å². The zero-order chi connectivity index (χ0) is 20.3. The van der Waals surface area contributed by atoms with Gasteiger partial charge in [0.05, 0.1) is 23.0 Å². The van der Waals surface area contributed by atoms with Crippen molar-refractivity contribution in [1.29, 1.82) is 0 Å². The van der Waals surface area contributed by atoms with Gasteiger partial charge in [0.1, 0.15) is 0 Å². The minimum atomic E-state index is -0.512. The Morgan fingerprint density at radius 2 is 1.87 bits per heavy atom. The lowest BCUT2D eigenvalue weighted by molar-refractivity contribution is 0.0441. The molecule has 0 aliphatic rings. The van der Waals surface area contributed by atoms with Crippen LogP contribution in [-0.4, -0.2) is 26.1 Å². The van der Waals surface area contributed by atoms with Crippen molar-refractivity contribution in [2.75, 3.05) is 0 Å². The van der Waals surface area contributed by atoms with Gasteiger partial charge in [-0.2, -0.15) is 0 Å². The number of hydrogen-bond acceptors (Lipinski definition) is 8. The quantitative estimate of drug-likeness (QED) is 0.404. The molecule has 0 bridgehead atoms. The molecule has 5 rings (SSSR count). The van der Waals surface area contributed by atoms with Gasteiger partial charge in [-0.3, -0.25) is 4.98 Å². The maximum Gasteiger partial charge on any atom is 0.339 e. The largest absolute Gasteiger partial charge is 0.459 e. The second-order valence-electron chi connectivity index (χ2n) is 6.36. The predicted molar refractivity (Wildman–Crippen MR) is 106 cm³/mol. The van der Waals surface area contributed by atoms with Gasteiger partial charge in [0.25, 0.3) is 11.8 Å². The Hall–Kier alpha value is -4.33. The number of furan rings is 1. The molecule has 8 heteroatoms. The molecule has 0 radical (unpaired) electrons. The van der Waals surface area contributed by atoms with Gasteiger partial charge in [-0.15, -0.1) is 10.2 Å². The van der Waals surface area contributed by atoms with Crippen molar-refractivity contribution < 1.29 is 18.4 Å². The highest BCUT2D eigenvalue weighted by molar-refractivity contribution is 6.04. The number of esters is 1. The first-order chi connectivity index (χ1) is 14.8. The molecule has 1 aromatic carbocycles. The second kappa shape index (κ2) is 7.59. The Labute approximate surface area is 170 Å². The summed E-state index contributed by atoms with van der Waals surface area (Å²) >= 11 is 0. The van der Waals surface area contributed by atoms with Crippen molar-refractivity contribution in [3.8, 4) is 22.9 Å². The average Bonchev–Trinajstić information content (AvgIpc) is 3.49. The normalized spacial score (nSPS) is 10.9. The topological polar surface area (TPSA) is 104 Å². The number of carbonyl (C=O) groups excluding carboxylic acids is 1. The lowest BCUT2D eigenvalue weighted by Crippen LogP contribution is -2.07. The third-order valence-electron chi connectivity index (χ3n) is 4.44. The Kier molecular flexibility index (Phi) is 4.49. The molecular formula is C22H14N4O4. The lowest BCUT2D eigenvalue weighted by Gasteiger charge is -2.09. The Balaban J connectivity index is 1.43. The minimum Gasteiger partial charge on any atom is -0.459 e. The van der Waals surface area contributed by atoms with Crippen molar-refractivity contribution in [3.63, 3.8) is 0 Å². The van der Waals surface area contributed by atoms with E-state index in [1.54, 1.807) is 30.6 Å². The summed E-state index contributed by atoms with van der Waals surface area (Å²) in [6, 6.07) is 16.2. The first-order valence-electron chi connectivity index (χ1n) is 9.11. The molecule has 30 heavy (non-hydrogen) atoms. The van der Waals surface area contributed by atoms with Gasteiger partial charge in [0.15, 0.2) is 12.4 Å². The van der Waals surface area contributed by atoms with Crippen LogP contribution in [0.2, 0.25) is 0 Å². The van der Waals surface area contributed by atoms with Crippen LogP contribution in [0.5, 0.6) is 0 Å². The molecule has 0 spiro atoms. The van der Waals surface area contributed by atoms with Gasteiger partial charge in [-0.05, 0) is 36.4 Å². The zero-order valence-corrected chi connectivity index (χ0v) is 15.6. The van der Waals surface area contributed by atoms with Gasteiger partial charge in [0, 0.05) is 23.3 Å². The molecule has 0 fully saturated rings. The van der Waals surface area contributed by atoms with E-state index in [2.05, 4.69) is 20.2 Å². The summed E-state index contributed by atoms with van der Waals surface area (Å²) in [5, 5.41) is 8.48. The van der Waals surface area contributed by atoms with E-state index in [1.807, 2.05) is 36.4 Å². The molecule has 4 aromatic heterocycles. The molecule has 0 N–H and O–H groups in total. The van der Waals surface area contributed by atoms with E-state index in [-0.39, 0.29) is 18.4 Å². The van der Waals surface area contributed by atoms with E-state index in [1.165, 1.54) is 6.26 Å². The Morgan fingerprint density at radius 1 is 1.00 bits per heavy atom. The molecule has 0 unspecified atom stereocenters. The number of fused-ring (bicyclic) bond motifs is 1. The van der Waals surface area contributed by atoms with Crippen LogP contribution in [-0.2, 0) is 11.3 Å². The Bertz CT molecular complexity index is 1310. The second-order valence-corrected chi connectivity index (χ2v) is 6.36. The molecular weight excluding hydrogens is 384 g/mol. The summed E-state index contributed by atoms with van der Waals surface area (Å²) in [5.74, 6) is 0.326. The van der Waals surface area contributed by atoms with E-state index in [9.17, 15) is 4.79 Å². The fraction of sp³-hybridized carbons (Fsp3) is 0.0455. The van der Waals surface area contributed by atoms with E-state index in [0.717, 1.165) is 5.56 Å².